The van der Waals surface area contributed by atoms with Crippen molar-refractivity contribution in [2.75, 3.05) is 26.4 Å². The maximum atomic E-state index is 13.9. The van der Waals surface area contributed by atoms with E-state index in [1.807, 2.05) is 13.8 Å². The molecule has 0 fully saturated rings. The summed E-state index contributed by atoms with van der Waals surface area (Å²) < 4.78 is 22.8. The number of ether oxygens (including phenoxy) is 4. The fourth-order valence-corrected chi connectivity index (χ4v) is 6.00. The fraction of sp³-hybridized carbons (Fsp3) is 0.636. The third-order valence-electron chi connectivity index (χ3n) is 9.32. The molecule has 2 rings (SSSR count). The molecule has 2 unspecified atom stereocenters. The molecule has 2 aromatic rings. The first-order chi connectivity index (χ1) is 25.2. The molecule has 0 aliphatic heterocycles. The van der Waals surface area contributed by atoms with Gasteiger partial charge >= 0.3 is 23.9 Å². The molecule has 0 aromatic heterocycles. The maximum absolute atomic E-state index is 13.9. The van der Waals surface area contributed by atoms with Crippen LogP contribution < -0.4 is 0 Å². The lowest BCUT2D eigenvalue weighted by atomic mass is 9.92. The van der Waals surface area contributed by atoms with E-state index in [0.29, 0.717) is 11.1 Å². The van der Waals surface area contributed by atoms with Gasteiger partial charge in [-0.05, 0) is 66.8 Å². The highest BCUT2D eigenvalue weighted by Gasteiger charge is 2.27. The minimum Gasteiger partial charge on any atom is -0.462 e. The fourth-order valence-electron chi connectivity index (χ4n) is 6.00. The Morgan fingerprint density at radius 2 is 0.981 bits per heavy atom. The SMILES string of the molecule is CCCCCCCOC(=O)c1ccc(-c2cccc(C(=O)OCC(C)CCCC)c2C(=O)OCC(C)CCCC)cc1C(=O)OCCCCCCC. The summed E-state index contributed by atoms with van der Waals surface area (Å²) in [5.74, 6) is -2.19. The molecule has 0 N–H and O–H groups in total. The Bertz CT molecular complexity index is 1370. The summed E-state index contributed by atoms with van der Waals surface area (Å²) in [5.41, 5.74) is 1.15. The summed E-state index contributed by atoms with van der Waals surface area (Å²) in [5, 5.41) is 0. The Labute approximate surface area is 313 Å². The highest BCUT2D eigenvalue weighted by Crippen LogP contribution is 2.31. The first-order valence-electron chi connectivity index (χ1n) is 20.1. The van der Waals surface area contributed by atoms with Gasteiger partial charge in [-0.25, -0.2) is 19.2 Å². The predicted octanol–water partition coefficient (Wildman–Crippen LogP) is 11.6. The van der Waals surface area contributed by atoms with Crippen molar-refractivity contribution < 1.29 is 38.1 Å². The van der Waals surface area contributed by atoms with Gasteiger partial charge in [0.05, 0.1) is 48.7 Å². The quantitative estimate of drug-likeness (QED) is 0.0510. The van der Waals surface area contributed by atoms with E-state index in [0.717, 1.165) is 103 Å². The molecule has 2 aromatic carbocycles. The number of hydrogen-bond acceptors (Lipinski definition) is 8. The molecule has 290 valence electrons. The van der Waals surface area contributed by atoms with Crippen molar-refractivity contribution in [1.82, 2.24) is 0 Å². The van der Waals surface area contributed by atoms with E-state index < -0.39 is 23.9 Å². The molecule has 0 heterocycles. The van der Waals surface area contributed by atoms with Crippen LogP contribution in [0.5, 0.6) is 0 Å². The minimum absolute atomic E-state index is 0.0484. The molecule has 8 nitrogen and oxygen atoms in total. The second kappa shape index (κ2) is 26.1. The zero-order valence-corrected chi connectivity index (χ0v) is 33.0. The summed E-state index contributed by atoms with van der Waals surface area (Å²) in [6.07, 6.45) is 16.0. The van der Waals surface area contributed by atoms with Gasteiger partial charge in [-0.3, -0.25) is 0 Å². The second-order valence-corrected chi connectivity index (χ2v) is 14.3. The van der Waals surface area contributed by atoms with Gasteiger partial charge in [0.1, 0.15) is 0 Å². The van der Waals surface area contributed by atoms with Gasteiger partial charge in [0, 0.05) is 0 Å². The molecule has 0 aliphatic rings. The molecule has 0 bridgehead atoms. The van der Waals surface area contributed by atoms with E-state index in [4.69, 9.17) is 18.9 Å². The maximum Gasteiger partial charge on any atom is 0.339 e. The molecule has 0 amide bonds. The topological polar surface area (TPSA) is 105 Å². The van der Waals surface area contributed by atoms with Crippen molar-refractivity contribution >= 4 is 23.9 Å². The van der Waals surface area contributed by atoms with Crippen LogP contribution in [0.1, 0.15) is 186 Å². The van der Waals surface area contributed by atoms with Gasteiger partial charge in [-0.15, -0.1) is 0 Å². The molecule has 8 heteroatoms. The molecule has 0 saturated carbocycles. The van der Waals surface area contributed by atoms with E-state index >= 15 is 0 Å². The van der Waals surface area contributed by atoms with Crippen molar-refractivity contribution in [3.63, 3.8) is 0 Å². The van der Waals surface area contributed by atoms with Gasteiger partial charge in [0.15, 0.2) is 0 Å². The van der Waals surface area contributed by atoms with E-state index in [9.17, 15) is 19.2 Å². The van der Waals surface area contributed by atoms with Crippen LogP contribution in [0.15, 0.2) is 36.4 Å². The Morgan fingerprint density at radius 3 is 1.52 bits per heavy atom. The van der Waals surface area contributed by atoms with Crippen LogP contribution in [0.4, 0.5) is 0 Å². The predicted molar refractivity (Wildman–Crippen MR) is 208 cm³/mol. The van der Waals surface area contributed by atoms with Crippen LogP contribution in [0.25, 0.3) is 11.1 Å². The van der Waals surface area contributed by atoms with Crippen molar-refractivity contribution in [1.29, 1.82) is 0 Å². The molecular weight excluding hydrogens is 656 g/mol. The van der Waals surface area contributed by atoms with Crippen LogP contribution in [0.2, 0.25) is 0 Å². The minimum atomic E-state index is -0.646. The monoisotopic (exact) mass is 722 g/mol. The van der Waals surface area contributed by atoms with E-state index in [-0.39, 0.29) is 60.5 Å². The summed E-state index contributed by atoms with van der Waals surface area (Å²) in [6.45, 7) is 13.5. The molecular formula is C44H66O8. The average Bonchev–Trinajstić information content (AvgIpc) is 3.16. The van der Waals surface area contributed by atoms with Crippen molar-refractivity contribution in [2.24, 2.45) is 11.8 Å². The summed E-state index contributed by atoms with van der Waals surface area (Å²) in [4.78, 5) is 54.3. The zero-order valence-electron chi connectivity index (χ0n) is 33.0. The third-order valence-corrected chi connectivity index (χ3v) is 9.32. The molecule has 2 atom stereocenters. The Balaban J connectivity index is 2.51. The number of rotatable bonds is 27. The van der Waals surface area contributed by atoms with Crippen LogP contribution >= 0.6 is 0 Å². The van der Waals surface area contributed by atoms with Gasteiger partial charge < -0.3 is 18.9 Å². The van der Waals surface area contributed by atoms with Crippen LogP contribution in [0, 0.1) is 11.8 Å². The molecule has 0 spiro atoms. The molecule has 0 radical (unpaired) electrons. The van der Waals surface area contributed by atoms with Crippen molar-refractivity contribution in [2.45, 2.75) is 144 Å². The third kappa shape index (κ3) is 15.9. The summed E-state index contributed by atoms with van der Waals surface area (Å²) in [6, 6.07) is 9.72. The Hall–Kier alpha value is -3.68. The van der Waals surface area contributed by atoms with Gasteiger partial charge in [-0.2, -0.15) is 0 Å². The number of esters is 4. The molecule has 52 heavy (non-hydrogen) atoms. The average molecular weight is 723 g/mol. The highest BCUT2D eigenvalue weighted by molar-refractivity contribution is 6.09. The Kier molecular flexibility index (Phi) is 22.4. The Morgan fingerprint density at radius 1 is 0.500 bits per heavy atom. The van der Waals surface area contributed by atoms with Gasteiger partial charge in [0.2, 0.25) is 0 Å². The van der Waals surface area contributed by atoms with Crippen molar-refractivity contribution in [3.8, 4) is 11.1 Å². The van der Waals surface area contributed by atoms with Crippen molar-refractivity contribution in [3.05, 3.63) is 58.7 Å². The number of carbonyl (C=O) groups is 4. The lowest BCUT2D eigenvalue weighted by molar-refractivity contribution is 0.0397. The lowest BCUT2D eigenvalue weighted by Crippen LogP contribution is -2.19. The van der Waals surface area contributed by atoms with E-state index in [1.165, 1.54) is 6.07 Å². The standard InChI is InChI=1S/C44H66O8/c1-7-11-15-17-19-28-49-41(45)37-27-26-35(30-39(37)43(47)50-29-20-18-16-12-8-2)36-24-21-25-38(42(46)51-31-33(5)22-13-9-3)40(36)44(48)52-32-34(6)23-14-10-4/h21,24-27,30,33-34H,7-20,22-23,28-29,31-32H2,1-6H3. The van der Waals surface area contributed by atoms with Crippen LogP contribution in [-0.4, -0.2) is 50.3 Å². The smallest absolute Gasteiger partial charge is 0.339 e. The summed E-state index contributed by atoms with van der Waals surface area (Å²) >= 11 is 0. The van der Waals surface area contributed by atoms with Gasteiger partial charge in [-0.1, -0.05) is 137 Å². The first-order valence-corrected chi connectivity index (χ1v) is 20.1. The summed E-state index contributed by atoms with van der Waals surface area (Å²) in [7, 11) is 0. The first kappa shape index (κ1) is 44.5. The molecule has 0 aliphatic carbocycles. The normalized spacial score (nSPS) is 12.2. The van der Waals surface area contributed by atoms with E-state index in [1.54, 1.807) is 30.3 Å². The number of unbranched alkanes of at least 4 members (excludes halogenated alkanes) is 10. The van der Waals surface area contributed by atoms with E-state index in [2.05, 4.69) is 27.7 Å². The number of hydrogen-bond donors (Lipinski definition) is 0. The van der Waals surface area contributed by atoms with Gasteiger partial charge in [0.25, 0.3) is 0 Å². The molecule has 0 saturated heterocycles. The number of carbonyl (C=O) groups excluding carboxylic acids is 4. The lowest BCUT2D eigenvalue weighted by Gasteiger charge is -2.18. The zero-order chi connectivity index (χ0) is 38.1. The van der Waals surface area contributed by atoms with Crippen LogP contribution in [-0.2, 0) is 18.9 Å². The largest absolute Gasteiger partial charge is 0.462 e. The number of benzene rings is 2. The van der Waals surface area contributed by atoms with Crippen LogP contribution in [0.3, 0.4) is 0 Å². The highest BCUT2D eigenvalue weighted by atomic mass is 16.5. The second-order valence-electron chi connectivity index (χ2n) is 14.3.